The van der Waals surface area contributed by atoms with Crippen molar-refractivity contribution < 1.29 is 50.2 Å². The van der Waals surface area contributed by atoms with Crippen LogP contribution in [0.25, 0.3) is 11.3 Å². The molecule has 15 heteroatoms. The number of hydrogen-bond donors (Lipinski definition) is 4. The molecule has 0 unspecified atom stereocenters. The number of aromatic amines is 1. The van der Waals surface area contributed by atoms with Crippen molar-refractivity contribution >= 4 is 11.8 Å². The Bertz CT molecular complexity index is 1440. The van der Waals surface area contributed by atoms with E-state index in [1.54, 1.807) is 10.3 Å². The maximum absolute atomic E-state index is 14.3. The molecule has 1 aromatic carbocycles. The van der Waals surface area contributed by atoms with E-state index in [1.807, 2.05) is 0 Å². The van der Waals surface area contributed by atoms with E-state index in [9.17, 15) is 45.4 Å². The number of aliphatic hydroxyl groups is 1. The molecule has 0 saturated heterocycles. The van der Waals surface area contributed by atoms with Crippen molar-refractivity contribution in [3.63, 3.8) is 0 Å². The molecule has 0 fully saturated rings. The van der Waals surface area contributed by atoms with Crippen molar-refractivity contribution in [3.8, 4) is 17.0 Å². The van der Waals surface area contributed by atoms with Crippen LogP contribution < -0.4 is 15.8 Å². The second-order valence-corrected chi connectivity index (χ2v) is 9.07. The Balaban J connectivity index is 1.80. The first-order chi connectivity index (χ1) is 18.0. The second kappa shape index (κ2) is 9.25. The number of alkyl halides is 6. The Kier molecular flexibility index (Phi) is 6.62. The number of fused-ring (bicyclic) bond motifs is 1. The molecule has 4 rings (SSSR count). The summed E-state index contributed by atoms with van der Waals surface area (Å²) in [6.45, 7) is -0.629. The second-order valence-electron chi connectivity index (χ2n) is 9.07. The predicted octanol–water partition coefficient (Wildman–Crippen LogP) is 3.55. The highest BCUT2D eigenvalue weighted by molar-refractivity contribution is 5.94. The van der Waals surface area contributed by atoms with E-state index in [2.05, 4.69) is 4.98 Å². The normalized spacial score (nSPS) is 18.7. The Morgan fingerprint density at radius 2 is 1.79 bits per heavy atom. The number of halogens is 7. The molecule has 0 saturated carbocycles. The minimum absolute atomic E-state index is 0.0729. The summed E-state index contributed by atoms with van der Waals surface area (Å²) in [5, 5.41) is 12.7. The number of ether oxygens (including phenoxy) is 1. The van der Waals surface area contributed by atoms with E-state index in [-0.39, 0.29) is 29.2 Å². The van der Waals surface area contributed by atoms with Crippen LogP contribution in [-0.2, 0) is 22.0 Å². The monoisotopic (exact) mass is 560 g/mol. The Labute approximate surface area is 215 Å². The molecule has 0 spiro atoms. The number of aromatic nitrogens is 2. The van der Waals surface area contributed by atoms with Gasteiger partial charge in [-0.3, -0.25) is 9.59 Å². The number of H-pyrrole nitrogens is 1. The van der Waals surface area contributed by atoms with Crippen molar-refractivity contribution in [1.29, 1.82) is 0 Å². The lowest BCUT2D eigenvalue weighted by Gasteiger charge is -2.31. The number of pyridine rings is 1. The van der Waals surface area contributed by atoms with Crippen LogP contribution in [0.4, 0.5) is 30.7 Å². The standard InChI is InChI=1S/C24H19F7N4O4/c1-21(20(32)37)10-39-18-14(21)7-15(35-17(18)11-2-4-13(25)5-3-11)22(38,24(29,30)31)9-34-19(36)12-6-16(33-8-12)23(26,27)28/h2-8,33,38H,9-10H2,1H3,(H2,32,37)(H,34,36)/t21-,22-/m0/s1. The van der Waals surface area contributed by atoms with Gasteiger partial charge in [0, 0.05) is 17.3 Å². The summed E-state index contributed by atoms with van der Waals surface area (Å²) in [5.74, 6) is -3.09. The molecule has 0 aliphatic carbocycles. The van der Waals surface area contributed by atoms with Gasteiger partial charge in [-0.2, -0.15) is 26.3 Å². The van der Waals surface area contributed by atoms with Crippen LogP contribution >= 0.6 is 0 Å². The average molecular weight is 560 g/mol. The van der Waals surface area contributed by atoms with Gasteiger partial charge in [-0.1, -0.05) is 0 Å². The molecule has 1 aliphatic heterocycles. The minimum Gasteiger partial charge on any atom is -0.489 e. The number of nitrogens with two attached hydrogens (primary N) is 1. The van der Waals surface area contributed by atoms with Crippen LogP contribution in [0.2, 0.25) is 0 Å². The molecule has 208 valence electrons. The molecule has 1 aliphatic rings. The van der Waals surface area contributed by atoms with Crippen LogP contribution in [0.3, 0.4) is 0 Å². The SMILES string of the molecule is C[C@]1(C(N)=O)COc2c1cc([C@@](O)(CNC(=O)c1c[nH]c(C(F)(F)F)c1)C(F)(F)F)nc2-c1ccc(F)cc1. The highest BCUT2D eigenvalue weighted by atomic mass is 19.4. The van der Waals surface area contributed by atoms with Crippen LogP contribution in [0, 0.1) is 5.82 Å². The van der Waals surface area contributed by atoms with E-state index in [1.165, 1.54) is 19.1 Å². The number of primary amides is 1. The Morgan fingerprint density at radius 1 is 1.15 bits per heavy atom. The fourth-order valence-electron chi connectivity index (χ4n) is 3.94. The van der Waals surface area contributed by atoms with Crippen molar-refractivity contribution in [2.45, 2.75) is 30.3 Å². The van der Waals surface area contributed by atoms with Crippen molar-refractivity contribution in [2.75, 3.05) is 13.2 Å². The number of hydrogen-bond acceptors (Lipinski definition) is 5. The summed E-state index contributed by atoms with van der Waals surface area (Å²) in [6.07, 6.45) is -9.69. The van der Waals surface area contributed by atoms with Gasteiger partial charge < -0.3 is 25.9 Å². The molecule has 2 amide bonds. The van der Waals surface area contributed by atoms with Crippen molar-refractivity contribution in [2.24, 2.45) is 5.73 Å². The van der Waals surface area contributed by atoms with Crippen LogP contribution in [-0.4, -0.2) is 46.2 Å². The van der Waals surface area contributed by atoms with Crippen molar-refractivity contribution in [3.05, 3.63) is 70.9 Å². The number of carbonyl (C=O) groups is 2. The molecule has 39 heavy (non-hydrogen) atoms. The molecule has 8 nitrogen and oxygen atoms in total. The number of rotatable bonds is 6. The summed E-state index contributed by atoms with van der Waals surface area (Å²) >= 11 is 0. The lowest BCUT2D eigenvalue weighted by atomic mass is 9.81. The van der Waals surface area contributed by atoms with Gasteiger partial charge in [0.05, 0.1) is 17.8 Å². The summed E-state index contributed by atoms with van der Waals surface area (Å²) in [4.78, 5) is 30.3. The van der Waals surface area contributed by atoms with E-state index >= 15 is 0 Å². The molecule has 3 aromatic rings. The van der Waals surface area contributed by atoms with E-state index in [0.717, 1.165) is 18.2 Å². The first-order valence-corrected chi connectivity index (χ1v) is 11.0. The third-order valence-corrected chi connectivity index (χ3v) is 6.38. The summed E-state index contributed by atoms with van der Waals surface area (Å²) in [6, 6.07) is 5.52. The maximum Gasteiger partial charge on any atom is 0.431 e. The van der Waals surface area contributed by atoms with Gasteiger partial charge in [0.15, 0.2) is 0 Å². The lowest BCUT2D eigenvalue weighted by Crippen LogP contribution is -2.51. The van der Waals surface area contributed by atoms with Gasteiger partial charge in [-0.25, -0.2) is 9.37 Å². The number of benzene rings is 1. The highest BCUT2D eigenvalue weighted by Crippen LogP contribution is 2.47. The van der Waals surface area contributed by atoms with Gasteiger partial charge >= 0.3 is 12.4 Å². The number of nitrogens with zero attached hydrogens (tertiary/aromatic N) is 1. The predicted molar refractivity (Wildman–Crippen MR) is 120 cm³/mol. The lowest BCUT2D eigenvalue weighted by molar-refractivity contribution is -0.265. The quantitative estimate of drug-likeness (QED) is 0.343. The topological polar surface area (TPSA) is 130 Å². The third kappa shape index (κ3) is 4.89. The molecule has 0 bridgehead atoms. The molecule has 5 N–H and O–H groups in total. The largest absolute Gasteiger partial charge is 0.489 e. The Hall–Kier alpha value is -4.14. The Morgan fingerprint density at radius 3 is 2.33 bits per heavy atom. The van der Waals surface area contributed by atoms with Crippen molar-refractivity contribution in [1.82, 2.24) is 15.3 Å². The smallest absolute Gasteiger partial charge is 0.431 e. The van der Waals surface area contributed by atoms with Crippen LogP contribution in [0.5, 0.6) is 5.75 Å². The van der Waals surface area contributed by atoms with Gasteiger partial charge in [-0.05, 0) is 43.3 Å². The summed E-state index contributed by atoms with van der Waals surface area (Å²) < 4.78 is 100. The molecule has 0 radical (unpaired) electrons. The zero-order valence-electron chi connectivity index (χ0n) is 19.8. The summed E-state index contributed by atoms with van der Waals surface area (Å²) in [5.41, 5.74) is -3.43. The fourth-order valence-corrected chi connectivity index (χ4v) is 3.94. The molecule has 2 atom stereocenters. The highest BCUT2D eigenvalue weighted by Gasteiger charge is 2.57. The van der Waals surface area contributed by atoms with E-state index in [0.29, 0.717) is 12.3 Å². The van der Waals surface area contributed by atoms with Gasteiger partial charge in [0.25, 0.3) is 5.91 Å². The maximum atomic E-state index is 14.3. The van der Waals surface area contributed by atoms with Gasteiger partial charge in [-0.15, -0.1) is 0 Å². The number of amides is 2. The van der Waals surface area contributed by atoms with Gasteiger partial charge in [0.2, 0.25) is 11.5 Å². The zero-order chi connectivity index (χ0) is 29.0. The van der Waals surface area contributed by atoms with E-state index < -0.39 is 64.5 Å². The average Bonchev–Trinajstić information content (AvgIpc) is 3.48. The first kappa shape index (κ1) is 27.9. The first-order valence-electron chi connectivity index (χ1n) is 11.0. The fraction of sp³-hybridized carbons (Fsp3) is 0.292. The third-order valence-electron chi connectivity index (χ3n) is 6.38. The summed E-state index contributed by atoms with van der Waals surface area (Å²) in [7, 11) is 0. The number of carbonyl (C=O) groups excluding carboxylic acids is 2. The zero-order valence-corrected chi connectivity index (χ0v) is 19.8. The molecular weight excluding hydrogens is 541 g/mol. The number of nitrogens with one attached hydrogen (secondary N) is 2. The molecule has 2 aromatic heterocycles. The van der Waals surface area contributed by atoms with Gasteiger partial charge in [0.1, 0.15) is 35.0 Å². The minimum atomic E-state index is -5.49. The van der Waals surface area contributed by atoms with Crippen LogP contribution in [0.1, 0.15) is 34.2 Å². The molecular formula is C24H19F7N4O4. The molecule has 3 heterocycles. The van der Waals surface area contributed by atoms with Crippen LogP contribution in [0.15, 0.2) is 42.6 Å². The van der Waals surface area contributed by atoms with E-state index in [4.69, 9.17) is 10.5 Å².